The molecule has 0 amide bonds. The Morgan fingerprint density at radius 1 is 1.41 bits per heavy atom. The molecule has 0 aromatic heterocycles. The Hall–Kier alpha value is -1.45. The molecule has 0 atom stereocenters. The van der Waals surface area contributed by atoms with Crippen molar-refractivity contribution in [3.8, 4) is 0 Å². The average molecular weight is 242 g/mol. The van der Waals surface area contributed by atoms with Gasteiger partial charge in [0.2, 0.25) is 0 Å². The predicted octanol–water partition coefficient (Wildman–Crippen LogP) is 3.36. The standard InChI is InChI=1S/C13H16F2O2/c1-8-4-9(5-11(15)10(8)7-14)13(2,3)6-12(16)17/h4-5H,6-7H2,1-3H3,(H,16,17). The maximum absolute atomic E-state index is 13.6. The number of hydrogen-bond acceptors (Lipinski definition) is 1. The Bertz CT molecular complexity index is 416. The van der Waals surface area contributed by atoms with Crippen LogP contribution in [0.15, 0.2) is 12.1 Å². The Morgan fingerprint density at radius 2 is 2.00 bits per heavy atom. The van der Waals surface area contributed by atoms with Gasteiger partial charge < -0.3 is 5.11 Å². The summed E-state index contributed by atoms with van der Waals surface area (Å²) in [6.07, 6.45) is -0.0964. The molecular weight excluding hydrogens is 226 g/mol. The molecule has 0 heterocycles. The first-order valence-corrected chi connectivity index (χ1v) is 5.35. The minimum Gasteiger partial charge on any atom is -0.481 e. The van der Waals surface area contributed by atoms with Crippen LogP contribution in [-0.4, -0.2) is 11.1 Å². The van der Waals surface area contributed by atoms with Gasteiger partial charge in [0, 0.05) is 11.0 Å². The topological polar surface area (TPSA) is 37.3 Å². The molecule has 0 unspecified atom stereocenters. The van der Waals surface area contributed by atoms with Gasteiger partial charge in [0.15, 0.2) is 0 Å². The molecule has 1 aromatic rings. The van der Waals surface area contributed by atoms with E-state index >= 15 is 0 Å². The lowest BCUT2D eigenvalue weighted by atomic mass is 9.80. The van der Waals surface area contributed by atoms with Gasteiger partial charge in [-0.15, -0.1) is 0 Å². The number of carbonyl (C=O) groups is 1. The van der Waals surface area contributed by atoms with E-state index < -0.39 is 23.9 Å². The fourth-order valence-corrected chi connectivity index (χ4v) is 1.81. The van der Waals surface area contributed by atoms with Crippen LogP contribution in [0.1, 0.15) is 37.0 Å². The first-order chi connectivity index (χ1) is 7.77. The van der Waals surface area contributed by atoms with E-state index in [9.17, 15) is 13.6 Å². The van der Waals surface area contributed by atoms with Gasteiger partial charge in [-0.1, -0.05) is 19.9 Å². The lowest BCUT2D eigenvalue weighted by Crippen LogP contribution is -2.22. The normalized spacial score (nSPS) is 11.6. The molecule has 0 saturated carbocycles. The summed E-state index contributed by atoms with van der Waals surface area (Å²) in [4.78, 5) is 10.7. The van der Waals surface area contributed by atoms with E-state index in [1.165, 1.54) is 6.07 Å². The number of rotatable bonds is 4. The van der Waals surface area contributed by atoms with E-state index in [1.807, 2.05) is 0 Å². The van der Waals surface area contributed by atoms with Crippen molar-refractivity contribution in [2.45, 2.75) is 39.3 Å². The van der Waals surface area contributed by atoms with Gasteiger partial charge in [-0.3, -0.25) is 4.79 Å². The molecule has 0 saturated heterocycles. The molecule has 94 valence electrons. The van der Waals surface area contributed by atoms with Crippen molar-refractivity contribution >= 4 is 5.97 Å². The largest absolute Gasteiger partial charge is 0.481 e. The molecular formula is C13H16F2O2. The molecule has 0 aliphatic carbocycles. The third-order valence-corrected chi connectivity index (χ3v) is 2.93. The molecule has 0 radical (unpaired) electrons. The van der Waals surface area contributed by atoms with E-state index in [0.29, 0.717) is 11.1 Å². The smallest absolute Gasteiger partial charge is 0.304 e. The quantitative estimate of drug-likeness (QED) is 0.879. The summed E-state index contributed by atoms with van der Waals surface area (Å²) in [6.45, 7) is 4.23. The second kappa shape index (κ2) is 4.82. The number of carboxylic acid groups (broad SMARTS) is 1. The highest BCUT2D eigenvalue weighted by atomic mass is 19.1. The Balaban J connectivity index is 3.20. The highest BCUT2D eigenvalue weighted by molar-refractivity contribution is 5.69. The summed E-state index contributed by atoms with van der Waals surface area (Å²) < 4.78 is 26.1. The third kappa shape index (κ3) is 3.02. The number of carboxylic acids is 1. The first-order valence-electron chi connectivity index (χ1n) is 5.35. The number of aliphatic carboxylic acids is 1. The average Bonchev–Trinajstić information content (AvgIpc) is 2.14. The van der Waals surface area contributed by atoms with Crippen molar-refractivity contribution in [2.75, 3.05) is 0 Å². The summed E-state index contributed by atoms with van der Waals surface area (Å²) in [5.41, 5.74) is 0.458. The summed E-state index contributed by atoms with van der Waals surface area (Å²) in [5, 5.41) is 8.80. The van der Waals surface area contributed by atoms with Crippen LogP contribution in [0.2, 0.25) is 0 Å². The van der Waals surface area contributed by atoms with E-state index in [2.05, 4.69) is 0 Å². The van der Waals surface area contributed by atoms with Gasteiger partial charge in [0.1, 0.15) is 12.5 Å². The summed E-state index contributed by atoms with van der Waals surface area (Å²) in [6, 6.07) is 2.88. The fraction of sp³-hybridized carbons (Fsp3) is 0.462. The van der Waals surface area contributed by atoms with Crippen LogP contribution in [0.3, 0.4) is 0 Å². The maximum atomic E-state index is 13.6. The molecule has 0 aliphatic heterocycles. The number of benzene rings is 1. The summed E-state index contributed by atoms with van der Waals surface area (Å²) in [5.74, 6) is -1.55. The monoisotopic (exact) mass is 242 g/mol. The highest BCUT2D eigenvalue weighted by Crippen LogP contribution is 2.30. The van der Waals surface area contributed by atoms with Crippen molar-refractivity contribution in [1.82, 2.24) is 0 Å². The first kappa shape index (κ1) is 13.6. The second-order valence-corrected chi connectivity index (χ2v) is 4.84. The van der Waals surface area contributed by atoms with E-state index in [0.717, 1.165) is 0 Å². The van der Waals surface area contributed by atoms with E-state index in [-0.39, 0.29) is 12.0 Å². The van der Waals surface area contributed by atoms with Gasteiger partial charge in [-0.05, 0) is 24.1 Å². The minimum absolute atomic E-state index is 0.0416. The summed E-state index contributed by atoms with van der Waals surface area (Å²) in [7, 11) is 0. The Morgan fingerprint density at radius 3 is 2.41 bits per heavy atom. The zero-order valence-electron chi connectivity index (χ0n) is 10.2. The van der Waals surface area contributed by atoms with Crippen LogP contribution < -0.4 is 0 Å². The molecule has 2 nitrogen and oxygen atoms in total. The van der Waals surface area contributed by atoms with Crippen LogP contribution >= 0.6 is 0 Å². The Labute approximate surface area is 99.3 Å². The molecule has 4 heteroatoms. The number of halogens is 2. The van der Waals surface area contributed by atoms with Crippen LogP contribution in [0, 0.1) is 12.7 Å². The molecule has 1 N–H and O–H groups in total. The molecule has 0 fully saturated rings. The molecule has 0 aliphatic rings. The lowest BCUT2D eigenvalue weighted by Gasteiger charge is -2.24. The van der Waals surface area contributed by atoms with Gasteiger partial charge >= 0.3 is 5.97 Å². The van der Waals surface area contributed by atoms with Crippen molar-refractivity contribution in [2.24, 2.45) is 0 Å². The van der Waals surface area contributed by atoms with E-state index in [1.54, 1.807) is 26.8 Å². The minimum atomic E-state index is -0.942. The lowest BCUT2D eigenvalue weighted by molar-refractivity contribution is -0.138. The van der Waals surface area contributed by atoms with Crippen LogP contribution in [0.4, 0.5) is 8.78 Å². The van der Waals surface area contributed by atoms with Crippen LogP contribution in [0.25, 0.3) is 0 Å². The SMILES string of the molecule is Cc1cc(C(C)(C)CC(=O)O)cc(F)c1CF. The summed E-state index contributed by atoms with van der Waals surface area (Å²) >= 11 is 0. The number of hydrogen-bond donors (Lipinski definition) is 1. The van der Waals surface area contributed by atoms with Gasteiger partial charge in [-0.2, -0.15) is 0 Å². The van der Waals surface area contributed by atoms with Crippen molar-refractivity contribution in [3.05, 3.63) is 34.6 Å². The predicted molar refractivity (Wildman–Crippen MR) is 61.2 cm³/mol. The van der Waals surface area contributed by atoms with Crippen molar-refractivity contribution in [3.63, 3.8) is 0 Å². The zero-order chi connectivity index (χ0) is 13.2. The molecule has 0 bridgehead atoms. The maximum Gasteiger partial charge on any atom is 0.304 e. The third-order valence-electron chi connectivity index (χ3n) is 2.93. The van der Waals surface area contributed by atoms with Gasteiger partial charge in [0.25, 0.3) is 0 Å². The Kier molecular flexibility index (Phi) is 3.86. The van der Waals surface area contributed by atoms with Crippen LogP contribution in [0.5, 0.6) is 0 Å². The highest BCUT2D eigenvalue weighted by Gasteiger charge is 2.25. The van der Waals surface area contributed by atoms with Crippen molar-refractivity contribution in [1.29, 1.82) is 0 Å². The van der Waals surface area contributed by atoms with Crippen molar-refractivity contribution < 1.29 is 18.7 Å². The molecule has 0 spiro atoms. The molecule has 17 heavy (non-hydrogen) atoms. The van der Waals surface area contributed by atoms with Gasteiger partial charge in [-0.25, -0.2) is 8.78 Å². The molecule has 1 aromatic carbocycles. The van der Waals surface area contributed by atoms with E-state index in [4.69, 9.17) is 5.11 Å². The van der Waals surface area contributed by atoms with Crippen LogP contribution in [-0.2, 0) is 16.9 Å². The zero-order valence-corrected chi connectivity index (χ0v) is 10.2. The number of alkyl halides is 1. The second-order valence-electron chi connectivity index (χ2n) is 4.84. The number of aryl methyl sites for hydroxylation is 1. The molecule has 1 rings (SSSR count). The van der Waals surface area contributed by atoms with Gasteiger partial charge in [0.05, 0.1) is 6.42 Å². The fourth-order valence-electron chi connectivity index (χ4n) is 1.81.